The molecule has 2 aliphatic heterocycles. The van der Waals surface area contributed by atoms with Gasteiger partial charge in [-0.25, -0.2) is 9.48 Å². The minimum atomic E-state index is -4.52. The fourth-order valence-electron chi connectivity index (χ4n) is 6.33. The Labute approximate surface area is 237 Å². The molecule has 0 bridgehead atoms. The Morgan fingerprint density at radius 2 is 1.78 bits per heavy atom. The minimum absolute atomic E-state index is 0.0161. The molecule has 1 spiro atoms. The number of amides is 1. The van der Waals surface area contributed by atoms with E-state index < -0.39 is 17.3 Å². The van der Waals surface area contributed by atoms with Crippen molar-refractivity contribution in [2.45, 2.75) is 64.1 Å². The highest BCUT2D eigenvalue weighted by atomic mass is 19.4. The summed E-state index contributed by atoms with van der Waals surface area (Å²) in [5.74, 6) is 0.360. The van der Waals surface area contributed by atoms with E-state index in [-0.39, 0.29) is 28.7 Å². The molecule has 10 heteroatoms. The van der Waals surface area contributed by atoms with Crippen LogP contribution in [0.3, 0.4) is 0 Å². The summed E-state index contributed by atoms with van der Waals surface area (Å²) >= 11 is 0. The van der Waals surface area contributed by atoms with Gasteiger partial charge in [0.25, 0.3) is 0 Å². The summed E-state index contributed by atoms with van der Waals surface area (Å²) in [4.78, 5) is 16.1. The van der Waals surface area contributed by atoms with Gasteiger partial charge in [0.2, 0.25) is 0 Å². The molecule has 216 valence electrons. The molecule has 1 aliphatic carbocycles. The first-order valence-corrected chi connectivity index (χ1v) is 14.2. The molecule has 7 nitrogen and oxygen atoms in total. The third-order valence-corrected chi connectivity index (χ3v) is 8.74. The van der Waals surface area contributed by atoms with E-state index in [0.717, 1.165) is 31.2 Å². The van der Waals surface area contributed by atoms with Crippen molar-refractivity contribution in [2.75, 3.05) is 31.1 Å². The van der Waals surface area contributed by atoms with Gasteiger partial charge in [0.15, 0.2) is 0 Å². The molecule has 3 fully saturated rings. The summed E-state index contributed by atoms with van der Waals surface area (Å²) in [6.07, 6.45) is -0.189. The Bertz CT molecular complexity index is 1510. The van der Waals surface area contributed by atoms with Crippen molar-refractivity contribution in [1.29, 1.82) is 5.26 Å². The summed E-state index contributed by atoms with van der Waals surface area (Å²) in [6.45, 7) is 7.97. The zero-order valence-corrected chi connectivity index (χ0v) is 23.5. The molecule has 0 unspecified atom stereocenters. The highest BCUT2D eigenvalue weighted by Gasteiger charge is 2.46. The van der Waals surface area contributed by atoms with E-state index >= 15 is 0 Å². The Balaban J connectivity index is 1.20. The average Bonchev–Trinajstić information content (AvgIpc) is 3.29. The second-order valence-corrected chi connectivity index (χ2v) is 12.9. The highest BCUT2D eigenvalue weighted by Crippen LogP contribution is 2.46. The zero-order chi connectivity index (χ0) is 29.2. The van der Waals surface area contributed by atoms with Gasteiger partial charge in [-0.1, -0.05) is 12.1 Å². The number of hydrogen-bond donors (Lipinski definition) is 0. The first kappa shape index (κ1) is 27.4. The van der Waals surface area contributed by atoms with Gasteiger partial charge in [0, 0.05) is 54.8 Å². The Morgan fingerprint density at radius 3 is 2.41 bits per heavy atom. The molecular formula is C31H34F3N5O2. The monoisotopic (exact) mass is 565 g/mol. The van der Waals surface area contributed by atoms with Gasteiger partial charge < -0.3 is 14.5 Å². The SMILES string of the molecule is CC(C)(C)OC(=O)N1CCC2(CC1)CN(c1cc(C(F)(F)F)c3cn(-c4cccc(C5CC(C#N)C5)c4)nc3c1)C2. The third kappa shape index (κ3) is 5.34. The van der Waals surface area contributed by atoms with Crippen molar-refractivity contribution >= 4 is 22.7 Å². The maximum absolute atomic E-state index is 14.2. The van der Waals surface area contributed by atoms with Crippen molar-refractivity contribution in [2.24, 2.45) is 11.3 Å². The Kier molecular flexibility index (Phi) is 6.47. The lowest BCUT2D eigenvalue weighted by atomic mass is 9.71. The van der Waals surface area contributed by atoms with Crippen LogP contribution in [0.25, 0.3) is 16.6 Å². The molecule has 1 saturated carbocycles. The van der Waals surface area contributed by atoms with Crippen molar-refractivity contribution in [1.82, 2.24) is 14.7 Å². The van der Waals surface area contributed by atoms with Crippen LogP contribution < -0.4 is 4.90 Å². The number of piperidine rings is 1. The molecule has 6 rings (SSSR count). The van der Waals surface area contributed by atoms with Gasteiger partial charge in [-0.2, -0.15) is 23.5 Å². The molecule has 41 heavy (non-hydrogen) atoms. The number of alkyl halides is 3. The summed E-state index contributed by atoms with van der Waals surface area (Å²) < 4.78 is 49.7. The minimum Gasteiger partial charge on any atom is -0.444 e. The molecule has 2 aromatic carbocycles. The van der Waals surface area contributed by atoms with Crippen LogP contribution in [0.5, 0.6) is 0 Å². The van der Waals surface area contributed by atoms with E-state index in [1.165, 1.54) is 16.9 Å². The average molecular weight is 566 g/mol. The first-order valence-electron chi connectivity index (χ1n) is 14.2. The maximum Gasteiger partial charge on any atom is 0.417 e. The summed E-state index contributed by atoms with van der Waals surface area (Å²) in [5.41, 5.74) is 1.33. The molecule has 0 atom stereocenters. The number of anilines is 1. The van der Waals surface area contributed by atoms with E-state index in [9.17, 15) is 18.0 Å². The number of benzene rings is 2. The van der Waals surface area contributed by atoms with Gasteiger partial charge in [0.1, 0.15) is 5.60 Å². The summed E-state index contributed by atoms with van der Waals surface area (Å²) in [6, 6.07) is 13.0. The number of carbonyl (C=O) groups excluding carboxylic acids is 1. The van der Waals surface area contributed by atoms with Crippen LogP contribution in [0.2, 0.25) is 0 Å². The van der Waals surface area contributed by atoms with Crippen molar-refractivity contribution in [3.05, 3.63) is 53.7 Å². The predicted molar refractivity (Wildman–Crippen MR) is 149 cm³/mol. The molecule has 0 N–H and O–H groups in total. The number of ether oxygens (including phenoxy) is 1. The smallest absolute Gasteiger partial charge is 0.417 e. The largest absolute Gasteiger partial charge is 0.444 e. The van der Waals surface area contributed by atoms with E-state index in [0.29, 0.717) is 43.1 Å². The standard InChI is InChI=1S/C31H34F3N5O2/c1-29(2,3)41-28(40)37-9-7-30(8-10-37)18-38(19-30)24-14-26(31(32,33)34)25-17-39(36-27(25)15-24)23-6-4-5-21(13-23)22-11-20(12-22)16-35/h4-6,13-15,17,20,22H,7-12,18-19H2,1-3H3. The number of likely N-dealkylation sites (tertiary alicyclic amines) is 1. The van der Waals surface area contributed by atoms with Gasteiger partial charge in [-0.15, -0.1) is 0 Å². The quantitative estimate of drug-likeness (QED) is 0.345. The Morgan fingerprint density at radius 1 is 1.07 bits per heavy atom. The Hall–Kier alpha value is -3.74. The molecule has 3 aliphatic rings. The van der Waals surface area contributed by atoms with Gasteiger partial charge in [-0.05, 0) is 82.2 Å². The first-order chi connectivity index (χ1) is 19.3. The maximum atomic E-state index is 14.2. The number of hydrogen-bond acceptors (Lipinski definition) is 5. The van der Waals surface area contributed by atoms with Crippen LogP contribution in [-0.4, -0.2) is 52.6 Å². The van der Waals surface area contributed by atoms with Crippen LogP contribution in [0.15, 0.2) is 42.6 Å². The van der Waals surface area contributed by atoms with E-state index in [1.54, 1.807) is 11.0 Å². The van der Waals surface area contributed by atoms with Gasteiger partial charge in [-0.3, -0.25) is 0 Å². The van der Waals surface area contributed by atoms with Gasteiger partial charge >= 0.3 is 12.3 Å². The van der Waals surface area contributed by atoms with E-state index in [4.69, 9.17) is 10.00 Å². The number of rotatable bonds is 3. The second kappa shape index (κ2) is 9.68. The van der Waals surface area contributed by atoms with Crippen LogP contribution in [0.4, 0.5) is 23.7 Å². The molecular weight excluding hydrogens is 531 g/mol. The zero-order valence-electron chi connectivity index (χ0n) is 23.5. The van der Waals surface area contributed by atoms with Crippen LogP contribution >= 0.6 is 0 Å². The molecule has 1 amide bonds. The van der Waals surface area contributed by atoms with E-state index in [2.05, 4.69) is 11.2 Å². The molecule has 2 saturated heterocycles. The summed E-state index contributed by atoms with van der Waals surface area (Å²) in [5, 5.41) is 13.7. The van der Waals surface area contributed by atoms with Crippen LogP contribution in [-0.2, 0) is 10.9 Å². The number of carbonyl (C=O) groups is 1. The number of nitrogens with zero attached hydrogens (tertiary/aromatic N) is 5. The fourth-order valence-corrected chi connectivity index (χ4v) is 6.33. The van der Waals surface area contributed by atoms with Gasteiger partial charge in [0.05, 0.1) is 22.8 Å². The predicted octanol–water partition coefficient (Wildman–Crippen LogP) is 6.90. The lowest BCUT2D eigenvalue weighted by Crippen LogP contribution is -2.61. The van der Waals surface area contributed by atoms with Crippen LogP contribution in [0, 0.1) is 22.7 Å². The molecule has 3 heterocycles. The fraction of sp³-hybridized carbons (Fsp3) is 0.516. The van der Waals surface area contributed by atoms with Crippen molar-refractivity contribution in [3.8, 4) is 11.8 Å². The van der Waals surface area contributed by atoms with Crippen molar-refractivity contribution < 1.29 is 22.7 Å². The number of aromatic nitrogens is 2. The molecule has 0 radical (unpaired) electrons. The number of fused-ring (bicyclic) bond motifs is 1. The lowest BCUT2D eigenvalue weighted by molar-refractivity contribution is -0.136. The number of halogens is 3. The topological polar surface area (TPSA) is 74.4 Å². The normalized spacial score (nSPS) is 22.3. The number of nitriles is 1. The molecule has 1 aromatic heterocycles. The van der Waals surface area contributed by atoms with E-state index in [1.807, 2.05) is 49.9 Å². The second-order valence-electron chi connectivity index (χ2n) is 12.9. The lowest BCUT2D eigenvalue weighted by Gasteiger charge is -2.55. The highest BCUT2D eigenvalue weighted by molar-refractivity contribution is 5.87. The van der Waals surface area contributed by atoms with Crippen LogP contribution in [0.1, 0.15) is 63.5 Å². The third-order valence-electron chi connectivity index (χ3n) is 8.74. The molecule has 3 aromatic rings. The van der Waals surface area contributed by atoms with Crippen molar-refractivity contribution in [3.63, 3.8) is 0 Å². The summed E-state index contributed by atoms with van der Waals surface area (Å²) in [7, 11) is 0.